The van der Waals surface area contributed by atoms with Crippen molar-refractivity contribution < 1.29 is 27.8 Å². The Morgan fingerprint density at radius 2 is 1.82 bits per heavy atom. The zero-order valence-electron chi connectivity index (χ0n) is 17.6. The van der Waals surface area contributed by atoms with Gasteiger partial charge in [0.25, 0.3) is 8.32 Å². The van der Waals surface area contributed by atoms with Crippen molar-refractivity contribution in [3.8, 4) is 11.5 Å². The highest BCUT2D eigenvalue weighted by atomic mass is 79.9. The van der Waals surface area contributed by atoms with Gasteiger partial charge in [0.05, 0.1) is 19.0 Å². The molecule has 0 spiro atoms. The molecule has 1 aromatic carbocycles. The van der Waals surface area contributed by atoms with Crippen LogP contribution < -0.4 is 9.16 Å². The monoisotopic (exact) mass is 472 g/mol. The first-order valence-corrected chi connectivity index (χ1v) is 13.1. The molecular formula is C20H29BrO6Si. The van der Waals surface area contributed by atoms with Gasteiger partial charge >= 0.3 is 5.97 Å². The summed E-state index contributed by atoms with van der Waals surface area (Å²) in [5.41, 5.74) is 0.943. The second-order valence-corrected chi connectivity index (χ2v) is 13.3. The smallest absolute Gasteiger partial charge is 0.342 e. The molecule has 0 saturated heterocycles. The molecule has 6 nitrogen and oxygen atoms in total. The van der Waals surface area contributed by atoms with Crippen LogP contribution in [-0.2, 0) is 14.8 Å². The Bertz CT molecular complexity index is 837. The van der Waals surface area contributed by atoms with E-state index < -0.39 is 14.3 Å². The highest BCUT2D eigenvalue weighted by Crippen LogP contribution is 2.43. The van der Waals surface area contributed by atoms with Crippen LogP contribution in [0.3, 0.4) is 0 Å². The number of esters is 1. The lowest BCUT2D eigenvalue weighted by atomic mass is 10.1. The molecule has 1 aromatic heterocycles. The number of hydrogen-bond donors (Lipinski definition) is 0. The lowest BCUT2D eigenvalue weighted by molar-refractivity contribution is 0.0388. The maximum atomic E-state index is 12.7. The first-order valence-electron chi connectivity index (χ1n) is 9.10. The van der Waals surface area contributed by atoms with Crippen LogP contribution in [0.2, 0.25) is 18.1 Å². The van der Waals surface area contributed by atoms with Crippen molar-refractivity contribution in [1.82, 2.24) is 0 Å². The Balaban J connectivity index is 2.55. The maximum Gasteiger partial charge on any atom is 0.342 e. The summed E-state index contributed by atoms with van der Waals surface area (Å²) >= 11 is 3.38. The summed E-state index contributed by atoms with van der Waals surface area (Å²) in [7, 11) is 1.04. The molecule has 0 atom stereocenters. The van der Waals surface area contributed by atoms with E-state index in [2.05, 4.69) is 49.8 Å². The maximum absolute atomic E-state index is 12.7. The SMILES string of the molecule is COCCOC(=O)c1c(CBr)oc2cc(OC)c(O[Si](C)(C)C(C)(C)C)cc12. The Morgan fingerprint density at radius 1 is 1.14 bits per heavy atom. The molecule has 0 aliphatic carbocycles. The van der Waals surface area contributed by atoms with Crippen molar-refractivity contribution >= 4 is 41.2 Å². The van der Waals surface area contributed by atoms with Gasteiger partial charge in [-0.15, -0.1) is 0 Å². The van der Waals surface area contributed by atoms with E-state index in [-0.39, 0.29) is 11.6 Å². The molecule has 0 fully saturated rings. The van der Waals surface area contributed by atoms with Crippen molar-refractivity contribution in [1.29, 1.82) is 0 Å². The predicted octanol–water partition coefficient (Wildman–Crippen LogP) is 5.52. The number of furan rings is 1. The van der Waals surface area contributed by atoms with E-state index in [1.807, 2.05) is 6.07 Å². The number of hydrogen-bond acceptors (Lipinski definition) is 6. The van der Waals surface area contributed by atoms with Gasteiger partial charge in [0.1, 0.15) is 29.3 Å². The van der Waals surface area contributed by atoms with Crippen molar-refractivity contribution in [2.45, 2.75) is 44.2 Å². The molecule has 156 valence electrons. The van der Waals surface area contributed by atoms with E-state index in [1.54, 1.807) is 20.3 Å². The van der Waals surface area contributed by atoms with Gasteiger partial charge in [0.15, 0.2) is 5.75 Å². The molecule has 0 unspecified atom stereocenters. The summed E-state index contributed by atoms with van der Waals surface area (Å²) < 4.78 is 28.1. The number of carbonyl (C=O) groups is 1. The van der Waals surface area contributed by atoms with Gasteiger partial charge < -0.3 is 23.1 Å². The van der Waals surface area contributed by atoms with Crippen molar-refractivity contribution in [2.75, 3.05) is 27.4 Å². The normalized spacial score (nSPS) is 12.3. The Hall–Kier alpha value is -1.51. The van der Waals surface area contributed by atoms with Gasteiger partial charge in [-0.05, 0) is 24.2 Å². The Kier molecular flexibility index (Phi) is 7.22. The van der Waals surface area contributed by atoms with Gasteiger partial charge in [-0.2, -0.15) is 0 Å². The molecule has 2 rings (SSSR count). The quantitative estimate of drug-likeness (QED) is 0.218. The first-order chi connectivity index (χ1) is 13.1. The number of rotatable bonds is 8. The lowest BCUT2D eigenvalue weighted by Crippen LogP contribution is -2.43. The van der Waals surface area contributed by atoms with Crippen molar-refractivity contribution in [2.24, 2.45) is 0 Å². The van der Waals surface area contributed by atoms with E-state index in [0.29, 0.717) is 45.7 Å². The zero-order valence-corrected chi connectivity index (χ0v) is 20.2. The molecule has 0 radical (unpaired) electrons. The average molecular weight is 473 g/mol. The molecule has 1 heterocycles. The van der Waals surface area contributed by atoms with Gasteiger partial charge in [0.2, 0.25) is 0 Å². The third-order valence-corrected chi connectivity index (χ3v) is 9.92. The molecule has 0 N–H and O–H groups in total. The summed E-state index contributed by atoms with van der Waals surface area (Å²) in [5.74, 6) is 1.23. The molecule has 8 heteroatoms. The number of alkyl halides is 1. The number of halogens is 1. The predicted molar refractivity (Wildman–Crippen MR) is 115 cm³/mol. The largest absolute Gasteiger partial charge is 0.541 e. The number of fused-ring (bicyclic) bond motifs is 1. The third kappa shape index (κ3) is 4.72. The first kappa shape index (κ1) is 22.8. The average Bonchev–Trinajstić information content (AvgIpc) is 2.97. The summed E-state index contributed by atoms with van der Waals surface area (Å²) in [6, 6.07) is 3.58. The van der Waals surface area contributed by atoms with E-state index in [9.17, 15) is 4.79 Å². The number of carbonyl (C=O) groups excluding carboxylic acids is 1. The van der Waals surface area contributed by atoms with Crippen LogP contribution in [0.5, 0.6) is 11.5 Å². The summed E-state index contributed by atoms with van der Waals surface area (Å²) in [5, 5.41) is 1.05. The Morgan fingerprint density at radius 3 is 2.36 bits per heavy atom. The summed E-state index contributed by atoms with van der Waals surface area (Å²) in [6.07, 6.45) is 0. The van der Waals surface area contributed by atoms with Crippen LogP contribution in [0.4, 0.5) is 0 Å². The molecule has 28 heavy (non-hydrogen) atoms. The Labute approximate surface area is 175 Å². The minimum Gasteiger partial charge on any atom is -0.541 e. The summed E-state index contributed by atoms with van der Waals surface area (Å²) in [4.78, 5) is 12.7. The molecule has 0 aliphatic rings. The molecule has 2 aromatic rings. The highest BCUT2D eigenvalue weighted by molar-refractivity contribution is 9.08. The second-order valence-electron chi connectivity index (χ2n) is 8.02. The lowest BCUT2D eigenvalue weighted by Gasteiger charge is -2.36. The van der Waals surface area contributed by atoms with Crippen molar-refractivity contribution in [3.05, 3.63) is 23.5 Å². The minimum atomic E-state index is -2.11. The number of ether oxygens (including phenoxy) is 3. The van der Waals surface area contributed by atoms with Crippen LogP contribution in [0.25, 0.3) is 11.0 Å². The zero-order chi connectivity index (χ0) is 21.1. The highest BCUT2D eigenvalue weighted by Gasteiger charge is 2.40. The number of methoxy groups -OCH3 is 2. The van der Waals surface area contributed by atoms with Crippen LogP contribution in [0.15, 0.2) is 16.5 Å². The molecule has 0 bridgehead atoms. The van der Waals surface area contributed by atoms with Crippen LogP contribution in [-0.4, -0.2) is 41.7 Å². The fourth-order valence-electron chi connectivity index (χ4n) is 2.43. The van der Waals surface area contributed by atoms with Crippen molar-refractivity contribution in [3.63, 3.8) is 0 Å². The van der Waals surface area contributed by atoms with E-state index in [4.69, 9.17) is 23.1 Å². The minimum absolute atomic E-state index is 0.0201. The molecule has 0 aliphatic heterocycles. The molecule has 0 saturated carbocycles. The van der Waals surface area contributed by atoms with E-state index in [0.717, 1.165) is 0 Å². The third-order valence-electron chi connectivity index (χ3n) is 5.06. The molecule has 0 amide bonds. The number of benzene rings is 1. The molecular weight excluding hydrogens is 444 g/mol. The van der Waals surface area contributed by atoms with Gasteiger partial charge in [0, 0.05) is 18.6 Å². The van der Waals surface area contributed by atoms with Gasteiger partial charge in [-0.3, -0.25) is 0 Å². The second kappa shape index (κ2) is 8.88. The van der Waals surface area contributed by atoms with Crippen LogP contribution >= 0.6 is 15.9 Å². The topological polar surface area (TPSA) is 67.1 Å². The van der Waals surface area contributed by atoms with Gasteiger partial charge in [-0.1, -0.05) is 36.7 Å². The fourth-order valence-corrected chi connectivity index (χ4v) is 3.84. The fraction of sp³-hybridized carbons (Fsp3) is 0.550. The van der Waals surface area contributed by atoms with Gasteiger partial charge in [-0.25, -0.2) is 4.79 Å². The summed E-state index contributed by atoms with van der Waals surface area (Å²) in [6.45, 7) is 11.3. The van der Waals surface area contributed by atoms with E-state index >= 15 is 0 Å². The van der Waals surface area contributed by atoms with E-state index in [1.165, 1.54) is 0 Å². The standard InChI is InChI=1S/C20H29BrO6Si/c1-20(2,3)28(6,7)27-16-10-13-14(11-15(16)24-5)26-17(12-21)18(13)19(22)25-9-8-23-4/h10-11H,8-9,12H2,1-7H3. The van der Waals surface area contributed by atoms with Crippen LogP contribution in [0.1, 0.15) is 36.9 Å². The van der Waals surface area contributed by atoms with Crippen LogP contribution in [0, 0.1) is 0 Å².